The Morgan fingerprint density at radius 3 is 1.48 bits per heavy atom. The lowest BCUT2D eigenvalue weighted by Gasteiger charge is -2.23. The summed E-state index contributed by atoms with van der Waals surface area (Å²) in [7, 11) is 6.72. The van der Waals surface area contributed by atoms with Gasteiger partial charge in [-0.05, 0) is 6.42 Å². The fraction of sp³-hybridized carbons (Fsp3) is 1.00. The van der Waals surface area contributed by atoms with E-state index >= 15 is 0 Å². The Hall–Kier alpha value is -0.0800. The first-order valence-electron chi connectivity index (χ1n) is 9.44. The SMILES string of the molecule is CCCCCCCCCCCCCOCCC[N+](C)(C)C. The highest BCUT2D eigenvalue weighted by atomic mass is 16.5. The van der Waals surface area contributed by atoms with Gasteiger partial charge in [0, 0.05) is 13.0 Å². The van der Waals surface area contributed by atoms with E-state index in [-0.39, 0.29) is 0 Å². The van der Waals surface area contributed by atoms with Crippen molar-refractivity contribution in [2.45, 2.75) is 84.0 Å². The van der Waals surface area contributed by atoms with Crippen LogP contribution in [-0.4, -0.2) is 45.4 Å². The van der Waals surface area contributed by atoms with Crippen molar-refractivity contribution < 1.29 is 9.22 Å². The lowest BCUT2D eigenvalue weighted by molar-refractivity contribution is -0.870. The second kappa shape index (κ2) is 14.8. The minimum atomic E-state index is 0.938. The zero-order valence-electron chi connectivity index (χ0n) is 15.5. The second-order valence-corrected chi connectivity index (χ2v) is 7.52. The molecule has 0 aliphatic heterocycles. The standard InChI is InChI=1S/C19H42NO/c1-5-6-7-8-9-10-11-12-13-14-15-18-21-19-16-17-20(2,3)4/h5-19H2,1-4H3/q+1. The fourth-order valence-electron chi connectivity index (χ4n) is 2.61. The summed E-state index contributed by atoms with van der Waals surface area (Å²) in [5.41, 5.74) is 0. The average Bonchev–Trinajstić information content (AvgIpc) is 2.42. The third kappa shape index (κ3) is 19.9. The third-order valence-corrected chi connectivity index (χ3v) is 4.01. The van der Waals surface area contributed by atoms with Crippen LogP contribution in [-0.2, 0) is 4.74 Å². The van der Waals surface area contributed by atoms with E-state index in [1.165, 1.54) is 83.6 Å². The first-order valence-corrected chi connectivity index (χ1v) is 9.44. The van der Waals surface area contributed by atoms with Gasteiger partial charge in [-0.1, -0.05) is 71.1 Å². The maximum atomic E-state index is 5.70. The molecule has 0 atom stereocenters. The molecule has 0 saturated carbocycles. The van der Waals surface area contributed by atoms with Crippen molar-refractivity contribution >= 4 is 0 Å². The molecule has 0 rings (SSSR count). The summed E-state index contributed by atoms with van der Waals surface area (Å²) < 4.78 is 6.75. The van der Waals surface area contributed by atoms with Crippen LogP contribution in [0.3, 0.4) is 0 Å². The van der Waals surface area contributed by atoms with Crippen molar-refractivity contribution in [2.24, 2.45) is 0 Å². The van der Waals surface area contributed by atoms with E-state index in [0.29, 0.717) is 0 Å². The molecule has 0 aliphatic carbocycles. The summed E-state index contributed by atoms with van der Waals surface area (Å²) in [6.07, 6.45) is 16.6. The predicted molar refractivity (Wildman–Crippen MR) is 94.8 cm³/mol. The molecule has 0 amide bonds. The number of hydrogen-bond donors (Lipinski definition) is 0. The Bertz CT molecular complexity index is 198. The highest BCUT2D eigenvalue weighted by Crippen LogP contribution is 2.11. The molecule has 0 saturated heterocycles. The van der Waals surface area contributed by atoms with Crippen LogP contribution in [0.15, 0.2) is 0 Å². The number of unbranched alkanes of at least 4 members (excludes halogenated alkanes) is 10. The Morgan fingerprint density at radius 1 is 0.571 bits per heavy atom. The van der Waals surface area contributed by atoms with E-state index in [4.69, 9.17) is 4.74 Å². The smallest absolute Gasteiger partial charge is 0.0802 e. The molecule has 0 fully saturated rings. The van der Waals surface area contributed by atoms with Crippen LogP contribution < -0.4 is 0 Å². The van der Waals surface area contributed by atoms with Crippen molar-refractivity contribution in [3.63, 3.8) is 0 Å². The maximum absolute atomic E-state index is 5.70. The van der Waals surface area contributed by atoms with Crippen molar-refractivity contribution in [1.82, 2.24) is 0 Å². The summed E-state index contributed by atoms with van der Waals surface area (Å²) >= 11 is 0. The molecular formula is C19H42NO+. The van der Waals surface area contributed by atoms with Crippen LogP contribution in [0.5, 0.6) is 0 Å². The highest BCUT2D eigenvalue weighted by Gasteiger charge is 2.05. The van der Waals surface area contributed by atoms with Gasteiger partial charge in [-0.2, -0.15) is 0 Å². The molecule has 0 spiro atoms. The van der Waals surface area contributed by atoms with Gasteiger partial charge in [0.15, 0.2) is 0 Å². The molecule has 128 valence electrons. The van der Waals surface area contributed by atoms with Crippen molar-refractivity contribution in [3.05, 3.63) is 0 Å². The zero-order chi connectivity index (χ0) is 15.8. The normalized spacial score (nSPS) is 12.0. The summed E-state index contributed by atoms with van der Waals surface area (Å²) in [6, 6.07) is 0. The Balaban J connectivity index is 3.00. The molecule has 0 heterocycles. The van der Waals surface area contributed by atoms with Crippen LogP contribution in [0, 0.1) is 0 Å². The number of nitrogens with zero attached hydrogens (tertiary/aromatic N) is 1. The van der Waals surface area contributed by atoms with E-state index < -0.39 is 0 Å². The zero-order valence-corrected chi connectivity index (χ0v) is 15.5. The Kier molecular flexibility index (Phi) is 14.8. The molecule has 2 heteroatoms. The molecule has 0 aromatic carbocycles. The first-order chi connectivity index (χ1) is 10.1. The summed E-state index contributed by atoms with van der Waals surface area (Å²) in [6.45, 7) is 5.40. The highest BCUT2D eigenvalue weighted by molar-refractivity contribution is 4.48. The van der Waals surface area contributed by atoms with Crippen LogP contribution in [0.25, 0.3) is 0 Å². The summed E-state index contributed by atoms with van der Waals surface area (Å²) in [5, 5.41) is 0. The number of hydrogen-bond acceptors (Lipinski definition) is 1. The van der Waals surface area contributed by atoms with Gasteiger partial charge >= 0.3 is 0 Å². The van der Waals surface area contributed by atoms with Gasteiger partial charge in [-0.3, -0.25) is 0 Å². The van der Waals surface area contributed by atoms with Crippen molar-refractivity contribution in [2.75, 3.05) is 40.9 Å². The molecule has 2 nitrogen and oxygen atoms in total. The molecule has 0 unspecified atom stereocenters. The average molecular weight is 301 g/mol. The van der Waals surface area contributed by atoms with E-state index in [0.717, 1.165) is 17.7 Å². The Labute approximate surface area is 134 Å². The van der Waals surface area contributed by atoms with E-state index in [2.05, 4.69) is 28.1 Å². The summed E-state index contributed by atoms with van der Waals surface area (Å²) in [5.74, 6) is 0. The molecule has 0 aromatic heterocycles. The van der Waals surface area contributed by atoms with E-state index in [1.807, 2.05) is 0 Å². The number of ether oxygens (including phenoxy) is 1. The number of rotatable bonds is 16. The third-order valence-electron chi connectivity index (χ3n) is 4.01. The van der Waals surface area contributed by atoms with Crippen LogP contribution >= 0.6 is 0 Å². The van der Waals surface area contributed by atoms with Crippen molar-refractivity contribution in [3.8, 4) is 0 Å². The largest absolute Gasteiger partial charge is 0.381 e. The first kappa shape index (κ1) is 20.9. The molecular weight excluding hydrogens is 258 g/mol. The Morgan fingerprint density at radius 2 is 1.00 bits per heavy atom. The van der Waals surface area contributed by atoms with Gasteiger partial charge in [-0.25, -0.2) is 0 Å². The quantitative estimate of drug-likeness (QED) is 0.273. The van der Waals surface area contributed by atoms with Gasteiger partial charge in [0.1, 0.15) is 0 Å². The van der Waals surface area contributed by atoms with E-state index in [9.17, 15) is 0 Å². The molecule has 0 radical (unpaired) electrons. The minimum absolute atomic E-state index is 0.938. The molecule has 0 aliphatic rings. The predicted octanol–water partition coefficient (Wildman–Crippen LogP) is 5.41. The van der Waals surface area contributed by atoms with Gasteiger partial charge in [0.05, 0.1) is 34.3 Å². The lowest BCUT2D eigenvalue weighted by Crippen LogP contribution is -2.35. The molecule has 0 aromatic rings. The van der Waals surface area contributed by atoms with E-state index in [1.54, 1.807) is 0 Å². The molecule has 0 bridgehead atoms. The van der Waals surface area contributed by atoms with Gasteiger partial charge in [0.2, 0.25) is 0 Å². The van der Waals surface area contributed by atoms with Crippen molar-refractivity contribution in [1.29, 1.82) is 0 Å². The van der Waals surface area contributed by atoms with Gasteiger partial charge in [0.25, 0.3) is 0 Å². The summed E-state index contributed by atoms with van der Waals surface area (Å²) in [4.78, 5) is 0. The fourth-order valence-corrected chi connectivity index (χ4v) is 2.61. The van der Waals surface area contributed by atoms with Gasteiger partial charge in [-0.15, -0.1) is 0 Å². The van der Waals surface area contributed by atoms with Crippen LogP contribution in [0.2, 0.25) is 0 Å². The lowest BCUT2D eigenvalue weighted by atomic mass is 10.1. The van der Waals surface area contributed by atoms with Gasteiger partial charge < -0.3 is 9.22 Å². The maximum Gasteiger partial charge on any atom is 0.0802 e. The van der Waals surface area contributed by atoms with Crippen LogP contribution in [0.1, 0.15) is 84.0 Å². The topological polar surface area (TPSA) is 9.23 Å². The monoisotopic (exact) mass is 300 g/mol. The molecule has 21 heavy (non-hydrogen) atoms. The number of quaternary nitrogens is 1. The van der Waals surface area contributed by atoms with Crippen LogP contribution in [0.4, 0.5) is 0 Å². The second-order valence-electron chi connectivity index (χ2n) is 7.52. The minimum Gasteiger partial charge on any atom is -0.381 e. The molecule has 0 N–H and O–H groups in total.